The first-order chi connectivity index (χ1) is 10.5. The number of rotatable bonds is 5. The van der Waals surface area contributed by atoms with Crippen LogP contribution in [0.5, 0.6) is 5.75 Å². The fourth-order valence-electron chi connectivity index (χ4n) is 1.61. The van der Waals surface area contributed by atoms with Crippen molar-refractivity contribution in [3.8, 4) is 5.75 Å². The van der Waals surface area contributed by atoms with Crippen LogP contribution in [0.3, 0.4) is 0 Å². The zero-order valence-electron chi connectivity index (χ0n) is 11.4. The minimum absolute atomic E-state index is 0.344. The summed E-state index contributed by atoms with van der Waals surface area (Å²) in [6.07, 6.45) is 0. The van der Waals surface area contributed by atoms with Crippen LogP contribution in [0.25, 0.3) is 0 Å². The van der Waals surface area contributed by atoms with Crippen LogP contribution < -0.4 is 15.4 Å². The molecule has 2 amide bonds. The monoisotopic (exact) mass is 358 g/mol. The normalized spacial score (nSPS) is 10.1. The van der Waals surface area contributed by atoms with Gasteiger partial charge in [-0.2, -0.15) is 0 Å². The number of nitrogens with one attached hydrogen (secondary N) is 2. The number of ether oxygens (including phenoxy) is 1. The molecular weight excluding hydrogens is 347 g/mol. The molecule has 0 radical (unpaired) electrons. The number of hydrogen-bond acceptors (Lipinski definition) is 2. The SMILES string of the molecule is O=C(NCCOc1ccc(Cl)cc1)Nc1ccc(Cl)c(Cl)c1. The van der Waals surface area contributed by atoms with Gasteiger partial charge in [0.05, 0.1) is 16.6 Å². The summed E-state index contributed by atoms with van der Waals surface area (Å²) in [6.45, 7) is 0.701. The number of carbonyl (C=O) groups is 1. The second kappa shape index (κ2) is 8.13. The number of benzene rings is 2. The zero-order chi connectivity index (χ0) is 15.9. The Bertz CT molecular complexity index is 648. The van der Waals surface area contributed by atoms with Crippen molar-refractivity contribution in [3.63, 3.8) is 0 Å². The van der Waals surface area contributed by atoms with Crippen LogP contribution in [0.4, 0.5) is 10.5 Å². The highest BCUT2D eigenvalue weighted by atomic mass is 35.5. The Morgan fingerprint density at radius 2 is 1.73 bits per heavy atom. The van der Waals surface area contributed by atoms with E-state index in [2.05, 4.69) is 10.6 Å². The predicted molar refractivity (Wildman–Crippen MR) is 90.4 cm³/mol. The average molecular weight is 360 g/mol. The van der Waals surface area contributed by atoms with E-state index in [0.29, 0.717) is 39.7 Å². The Labute approximate surface area is 143 Å². The van der Waals surface area contributed by atoms with Crippen LogP contribution in [0.2, 0.25) is 15.1 Å². The van der Waals surface area contributed by atoms with Crippen molar-refractivity contribution < 1.29 is 9.53 Å². The summed E-state index contributed by atoms with van der Waals surface area (Å²) >= 11 is 17.4. The molecule has 0 fully saturated rings. The van der Waals surface area contributed by atoms with Crippen LogP contribution in [0, 0.1) is 0 Å². The van der Waals surface area contributed by atoms with E-state index in [9.17, 15) is 4.79 Å². The smallest absolute Gasteiger partial charge is 0.319 e. The van der Waals surface area contributed by atoms with E-state index in [1.807, 2.05) is 0 Å². The highest BCUT2D eigenvalue weighted by Gasteiger charge is 2.04. The van der Waals surface area contributed by atoms with Crippen LogP contribution in [-0.4, -0.2) is 19.2 Å². The maximum Gasteiger partial charge on any atom is 0.319 e. The molecule has 0 atom stereocenters. The maximum atomic E-state index is 11.7. The fraction of sp³-hybridized carbons (Fsp3) is 0.133. The van der Waals surface area contributed by atoms with Crippen molar-refractivity contribution in [3.05, 3.63) is 57.5 Å². The van der Waals surface area contributed by atoms with E-state index < -0.39 is 0 Å². The van der Waals surface area contributed by atoms with E-state index in [1.54, 1.807) is 42.5 Å². The number of anilines is 1. The minimum Gasteiger partial charge on any atom is -0.492 e. The van der Waals surface area contributed by atoms with Crippen LogP contribution in [-0.2, 0) is 0 Å². The highest BCUT2D eigenvalue weighted by Crippen LogP contribution is 2.24. The van der Waals surface area contributed by atoms with E-state index in [0.717, 1.165) is 0 Å². The van der Waals surface area contributed by atoms with Gasteiger partial charge >= 0.3 is 6.03 Å². The highest BCUT2D eigenvalue weighted by molar-refractivity contribution is 6.42. The van der Waals surface area contributed by atoms with E-state index in [-0.39, 0.29) is 6.03 Å². The zero-order valence-corrected chi connectivity index (χ0v) is 13.7. The molecular formula is C15H13Cl3N2O2. The summed E-state index contributed by atoms with van der Waals surface area (Å²) in [6, 6.07) is 11.5. The van der Waals surface area contributed by atoms with Gasteiger partial charge in [0.15, 0.2) is 0 Å². The van der Waals surface area contributed by atoms with Gasteiger partial charge in [0.2, 0.25) is 0 Å². The van der Waals surface area contributed by atoms with Crippen molar-refractivity contribution in [1.82, 2.24) is 5.32 Å². The first-order valence-electron chi connectivity index (χ1n) is 6.43. The third-order valence-electron chi connectivity index (χ3n) is 2.65. The Balaban J connectivity index is 1.71. The van der Waals surface area contributed by atoms with Gasteiger partial charge in [0.25, 0.3) is 0 Å². The van der Waals surface area contributed by atoms with Crippen LogP contribution in [0.15, 0.2) is 42.5 Å². The Morgan fingerprint density at radius 1 is 1.00 bits per heavy atom. The van der Waals surface area contributed by atoms with Gasteiger partial charge in [0.1, 0.15) is 12.4 Å². The summed E-state index contributed by atoms with van der Waals surface area (Å²) in [7, 11) is 0. The topological polar surface area (TPSA) is 50.4 Å². The molecule has 4 nitrogen and oxygen atoms in total. The quantitative estimate of drug-likeness (QED) is 0.750. The van der Waals surface area contributed by atoms with Gasteiger partial charge < -0.3 is 15.4 Å². The number of hydrogen-bond donors (Lipinski definition) is 2. The van der Waals surface area contributed by atoms with Crippen molar-refractivity contribution in [2.45, 2.75) is 0 Å². The van der Waals surface area contributed by atoms with E-state index in [1.165, 1.54) is 0 Å². The standard InChI is InChI=1S/C15H13Cl3N2O2/c16-10-1-4-12(5-2-10)22-8-7-19-15(21)20-11-3-6-13(17)14(18)9-11/h1-6,9H,7-8H2,(H2,19,20,21). The molecule has 116 valence electrons. The molecule has 0 aliphatic rings. The minimum atomic E-state index is -0.349. The summed E-state index contributed by atoms with van der Waals surface area (Å²) in [5.74, 6) is 0.691. The lowest BCUT2D eigenvalue weighted by molar-refractivity contribution is 0.247. The van der Waals surface area contributed by atoms with Gasteiger partial charge in [-0.1, -0.05) is 34.8 Å². The van der Waals surface area contributed by atoms with Gasteiger partial charge in [-0.15, -0.1) is 0 Å². The van der Waals surface area contributed by atoms with Gasteiger partial charge in [-0.25, -0.2) is 4.79 Å². The Morgan fingerprint density at radius 3 is 2.41 bits per heavy atom. The fourth-order valence-corrected chi connectivity index (χ4v) is 2.04. The molecule has 0 aromatic heterocycles. The molecule has 2 N–H and O–H groups in total. The van der Waals surface area contributed by atoms with Crippen molar-refractivity contribution in [1.29, 1.82) is 0 Å². The number of urea groups is 1. The third-order valence-corrected chi connectivity index (χ3v) is 3.64. The Hall–Kier alpha value is -1.62. The van der Waals surface area contributed by atoms with Crippen molar-refractivity contribution in [2.24, 2.45) is 0 Å². The molecule has 0 saturated heterocycles. The van der Waals surface area contributed by atoms with Gasteiger partial charge in [-0.3, -0.25) is 0 Å². The lowest BCUT2D eigenvalue weighted by Crippen LogP contribution is -2.32. The molecule has 0 spiro atoms. The average Bonchev–Trinajstić information content (AvgIpc) is 2.49. The van der Waals surface area contributed by atoms with E-state index in [4.69, 9.17) is 39.5 Å². The second-order valence-corrected chi connectivity index (χ2v) is 5.56. The Kier molecular flexibility index (Phi) is 6.19. The molecule has 0 bridgehead atoms. The van der Waals surface area contributed by atoms with Crippen molar-refractivity contribution in [2.75, 3.05) is 18.5 Å². The van der Waals surface area contributed by atoms with Gasteiger partial charge in [-0.05, 0) is 42.5 Å². The molecule has 7 heteroatoms. The largest absolute Gasteiger partial charge is 0.492 e. The summed E-state index contributed by atoms with van der Waals surface area (Å²) in [5.41, 5.74) is 0.561. The number of halogens is 3. The molecule has 2 aromatic carbocycles. The lowest BCUT2D eigenvalue weighted by Gasteiger charge is -2.09. The summed E-state index contributed by atoms with van der Waals surface area (Å²) in [4.78, 5) is 11.7. The van der Waals surface area contributed by atoms with E-state index >= 15 is 0 Å². The first-order valence-corrected chi connectivity index (χ1v) is 7.56. The number of amides is 2. The molecule has 2 rings (SSSR count). The molecule has 0 unspecified atom stereocenters. The molecule has 0 aliphatic heterocycles. The maximum absolute atomic E-state index is 11.7. The molecule has 0 saturated carbocycles. The van der Waals surface area contributed by atoms with Crippen molar-refractivity contribution >= 4 is 46.5 Å². The number of carbonyl (C=O) groups excluding carboxylic acids is 1. The van der Waals surface area contributed by atoms with Crippen LogP contribution in [0.1, 0.15) is 0 Å². The third kappa shape index (κ3) is 5.30. The van der Waals surface area contributed by atoms with Crippen LogP contribution >= 0.6 is 34.8 Å². The van der Waals surface area contributed by atoms with Gasteiger partial charge in [0, 0.05) is 10.7 Å². The summed E-state index contributed by atoms with van der Waals surface area (Å²) < 4.78 is 5.46. The molecule has 0 heterocycles. The summed E-state index contributed by atoms with van der Waals surface area (Å²) in [5, 5.41) is 6.78. The first kappa shape index (κ1) is 16.7. The lowest BCUT2D eigenvalue weighted by atomic mass is 10.3. The molecule has 0 aliphatic carbocycles. The molecule has 2 aromatic rings. The molecule has 22 heavy (non-hydrogen) atoms. The predicted octanol–water partition coefficient (Wildman–Crippen LogP) is 4.85. The second-order valence-electron chi connectivity index (χ2n) is 4.31.